The van der Waals surface area contributed by atoms with Gasteiger partial charge in [-0.3, -0.25) is 9.59 Å². The average molecular weight is 765 g/mol. The largest absolute Gasteiger partial charge is 0.463 e. The van der Waals surface area contributed by atoms with Crippen molar-refractivity contribution in [2.45, 2.75) is 284 Å². The van der Waals surface area contributed by atoms with Gasteiger partial charge in [-0.2, -0.15) is 0 Å². The van der Waals surface area contributed by atoms with Crippen molar-refractivity contribution in [2.24, 2.45) is 0 Å². The molecule has 0 saturated heterocycles. The highest BCUT2D eigenvalue weighted by Gasteiger charge is 2.16. The van der Waals surface area contributed by atoms with Gasteiger partial charge in [0.05, 0.1) is 0 Å². The molecule has 54 heavy (non-hydrogen) atoms. The summed E-state index contributed by atoms with van der Waals surface area (Å²) >= 11 is 0. The molecule has 0 aromatic rings. The summed E-state index contributed by atoms with van der Waals surface area (Å²) in [4.78, 5) is 25.1. The van der Waals surface area contributed by atoms with Crippen LogP contribution in [0.3, 0.4) is 0 Å². The molecule has 0 aliphatic rings. The summed E-state index contributed by atoms with van der Waals surface area (Å²) < 4.78 is 17.3. The number of hydrogen-bond donors (Lipinski definition) is 0. The first-order valence-corrected chi connectivity index (χ1v) is 24.6. The number of hydrogen-bond acceptors (Lipinski definition) is 5. The van der Waals surface area contributed by atoms with Gasteiger partial charge in [-0.25, -0.2) is 0 Å². The Morgan fingerprint density at radius 2 is 0.537 bits per heavy atom. The van der Waals surface area contributed by atoms with Crippen molar-refractivity contribution in [1.29, 1.82) is 0 Å². The summed E-state index contributed by atoms with van der Waals surface area (Å²) in [7, 11) is 0. The molecule has 0 aromatic carbocycles. The SMILES string of the molecule is CCCCCCCCCCCCCCCCCC(=O)OCC(COC(=O)CCCCCCCCCCCCCCCCC)OCCCCCCCCCC. The first-order valence-electron chi connectivity index (χ1n) is 24.6. The van der Waals surface area contributed by atoms with Crippen LogP contribution >= 0.6 is 0 Å². The van der Waals surface area contributed by atoms with Crippen LogP contribution < -0.4 is 0 Å². The number of esters is 2. The molecular formula is C49H96O5. The maximum atomic E-state index is 12.5. The molecule has 0 fully saturated rings. The minimum absolute atomic E-state index is 0.158. The molecule has 0 bridgehead atoms. The number of unbranched alkanes of at least 4 members (excludes halogenated alkanes) is 35. The third kappa shape index (κ3) is 43.6. The average Bonchev–Trinajstić information content (AvgIpc) is 3.17. The minimum atomic E-state index is -0.385. The second-order valence-corrected chi connectivity index (χ2v) is 16.7. The van der Waals surface area contributed by atoms with Crippen LogP contribution in [-0.4, -0.2) is 37.9 Å². The molecule has 5 nitrogen and oxygen atoms in total. The molecule has 322 valence electrons. The van der Waals surface area contributed by atoms with Gasteiger partial charge in [0.25, 0.3) is 0 Å². The smallest absolute Gasteiger partial charge is 0.305 e. The number of ether oxygens (including phenoxy) is 3. The summed E-state index contributed by atoms with van der Waals surface area (Å²) in [6, 6.07) is 0. The first kappa shape index (κ1) is 52.9. The van der Waals surface area contributed by atoms with E-state index in [1.807, 2.05) is 0 Å². The van der Waals surface area contributed by atoms with Gasteiger partial charge in [-0.05, 0) is 19.3 Å². The van der Waals surface area contributed by atoms with E-state index < -0.39 is 0 Å². The van der Waals surface area contributed by atoms with E-state index in [9.17, 15) is 9.59 Å². The van der Waals surface area contributed by atoms with E-state index in [2.05, 4.69) is 20.8 Å². The van der Waals surface area contributed by atoms with Crippen molar-refractivity contribution in [2.75, 3.05) is 19.8 Å². The fourth-order valence-corrected chi connectivity index (χ4v) is 7.43. The van der Waals surface area contributed by atoms with E-state index in [-0.39, 0.29) is 31.3 Å². The molecule has 0 rings (SSSR count). The van der Waals surface area contributed by atoms with Crippen LogP contribution in [0.1, 0.15) is 278 Å². The lowest BCUT2D eigenvalue weighted by Crippen LogP contribution is -2.29. The first-order chi connectivity index (χ1) is 26.6. The third-order valence-corrected chi connectivity index (χ3v) is 11.2. The molecule has 0 N–H and O–H groups in total. The lowest BCUT2D eigenvalue weighted by molar-refractivity contribution is -0.155. The molecule has 0 unspecified atom stereocenters. The Labute approximate surface area is 338 Å². The van der Waals surface area contributed by atoms with E-state index in [0.717, 1.165) is 38.5 Å². The van der Waals surface area contributed by atoms with Crippen LogP contribution in [0.5, 0.6) is 0 Å². The summed E-state index contributed by atoms with van der Waals surface area (Å²) in [5.41, 5.74) is 0. The number of carbonyl (C=O) groups is 2. The van der Waals surface area contributed by atoms with Crippen molar-refractivity contribution in [3.63, 3.8) is 0 Å². The summed E-state index contributed by atoms with van der Waals surface area (Å²) in [6.07, 6.45) is 49.8. The van der Waals surface area contributed by atoms with Gasteiger partial charge in [0.1, 0.15) is 19.3 Å². The van der Waals surface area contributed by atoms with Gasteiger partial charge >= 0.3 is 11.9 Å². The van der Waals surface area contributed by atoms with Crippen LogP contribution in [0.2, 0.25) is 0 Å². The van der Waals surface area contributed by atoms with Crippen LogP contribution in [0, 0.1) is 0 Å². The van der Waals surface area contributed by atoms with Crippen LogP contribution in [-0.2, 0) is 23.8 Å². The van der Waals surface area contributed by atoms with E-state index in [1.54, 1.807) is 0 Å². The number of rotatable bonds is 46. The fourth-order valence-electron chi connectivity index (χ4n) is 7.43. The Morgan fingerprint density at radius 1 is 0.315 bits per heavy atom. The van der Waals surface area contributed by atoms with Crippen molar-refractivity contribution in [1.82, 2.24) is 0 Å². The monoisotopic (exact) mass is 765 g/mol. The molecule has 5 heteroatoms. The van der Waals surface area contributed by atoms with Gasteiger partial charge in [0.15, 0.2) is 0 Å². The second kappa shape index (κ2) is 46.3. The second-order valence-electron chi connectivity index (χ2n) is 16.7. The normalized spacial score (nSPS) is 11.5. The quantitative estimate of drug-likeness (QED) is 0.0456. The van der Waals surface area contributed by atoms with Gasteiger partial charge in [0, 0.05) is 19.4 Å². The zero-order valence-corrected chi connectivity index (χ0v) is 37.0. The van der Waals surface area contributed by atoms with Gasteiger partial charge < -0.3 is 14.2 Å². The summed E-state index contributed by atoms with van der Waals surface area (Å²) in [6.45, 7) is 7.77. The molecule has 0 aromatic heterocycles. The summed E-state index contributed by atoms with van der Waals surface area (Å²) in [5.74, 6) is -0.316. The Morgan fingerprint density at radius 3 is 0.796 bits per heavy atom. The molecule has 0 aliphatic heterocycles. The zero-order valence-electron chi connectivity index (χ0n) is 37.0. The standard InChI is InChI=1S/C49H96O5/c1-4-7-10-13-16-19-21-23-25-27-29-31-33-36-39-42-48(50)53-45-47(52-44-41-38-35-18-15-12-9-6-3)46-54-49(51)43-40-37-34-32-30-28-26-24-22-20-17-14-11-8-5-2/h47H,4-46H2,1-3H3. The molecule has 0 atom stereocenters. The Hall–Kier alpha value is -1.10. The topological polar surface area (TPSA) is 61.8 Å². The zero-order chi connectivity index (χ0) is 39.3. The van der Waals surface area contributed by atoms with Gasteiger partial charge in [0.2, 0.25) is 0 Å². The molecule has 0 amide bonds. The van der Waals surface area contributed by atoms with Crippen molar-refractivity contribution < 1.29 is 23.8 Å². The highest BCUT2D eigenvalue weighted by atomic mass is 16.6. The Bertz CT molecular complexity index is 690. The summed E-state index contributed by atoms with van der Waals surface area (Å²) in [5, 5.41) is 0. The lowest BCUT2D eigenvalue weighted by atomic mass is 10.0. The van der Waals surface area contributed by atoms with Crippen LogP contribution in [0.4, 0.5) is 0 Å². The predicted octanol–water partition coefficient (Wildman–Crippen LogP) is 16.1. The highest BCUT2D eigenvalue weighted by molar-refractivity contribution is 5.69. The van der Waals surface area contributed by atoms with Crippen molar-refractivity contribution >= 4 is 11.9 Å². The van der Waals surface area contributed by atoms with Gasteiger partial charge in [-0.1, -0.05) is 245 Å². The van der Waals surface area contributed by atoms with Crippen molar-refractivity contribution in [3.05, 3.63) is 0 Å². The Balaban J connectivity index is 4.06. The minimum Gasteiger partial charge on any atom is -0.463 e. The molecule has 0 saturated carbocycles. The van der Waals surface area contributed by atoms with E-state index in [1.165, 1.54) is 205 Å². The van der Waals surface area contributed by atoms with Gasteiger partial charge in [-0.15, -0.1) is 0 Å². The molecule has 0 spiro atoms. The highest BCUT2D eigenvalue weighted by Crippen LogP contribution is 2.16. The molecule has 0 heterocycles. The van der Waals surface area contributed by atoms with E-state index >= 15 is 0 Å². The molecule has 0 radical (unpaired) electrons. The Kier molecular flexibility index (Phi) is 45.3. The van der Waals surface area contributed by atoms with E-state index in [4.69, 9.17) is 14.2 Å². The maximum absolute atomic E-state index is 12.5. The van der Waals surface area contributed by atoms with Crippen LogP contribution in [0.25, 0.3) is 0 Å². The maximum Gasteiger partial charge on any atom is 0.305 e. The molecule has 0 aliphatic carbocycles. The van der Waals surface area contributed by atoms with E-state index in [0.29, 0.717) is 19.4 Å². The van der Waals surface area contributed by atoms with Crippen molar-refractivity contribution in [3.8, 4) is 0 Å². The van der Waals surface area contributed by atoms with Crippen LogP contribution in [0.15, 0.2) is 0 Å². The fraction of sp³-hybridized carbons (Fsp3) is 0.959. The third-order valence-electron chi connectivity index (χ3n) is 11.2. The number of carbonyl (C=O) groups excluding carboxylic acids is 2. The lowest BCUT2D eigenvalue weighted by Gasteiger charge is -2.18. The predicted molar refractivity (Wildman–Crippen MR) is 233 cm³/mol. The molecular weight excluding hydrogens is 669 g/mol.